The van der Waals surface area contributed by atoms with Gasteiger partial charge in [-0.1, -0.05) is 13.8 Å². The van der Waals surface area contributed by atoms with Gasteiger partial charge in [-0.2, -0.15) is 0 Å². The molecule has 0 aliphatic rings. The van der Waals surface area contributed by atoms with E-state index in [4.69, 9.17) is 9.47 Å². The molecule has 0 bridgehead atoms. The Balaban J connectivity index is 1.99. The van der Waals surface area contributed by atoms with E-state index < -0.39 is 25.5 Å². The summed E-state index contributed by atoms with van der Waals surface area (Å²) in [6.07, 6.45) is 0. The number of nitrogens with one attached hydrogen (secondary N) is 2. The number of rotatable bonds is 10. The molecule has 2 rings (SSSR count). The highest BCUT2D eigenvalue weighted by molar-refractivity contribution is 7.89. The second-order valence-corrected chi connectivity index (χ2v) is 10.7. The summed E-state index contributed by atoms with van der Waals surface area (Å²) in [7, 11) is -4.46. The predicted octanol–water partition coefficient (Wildman–Crippen LogP) is 1.99. The number of hydrogen-bond acceptors (Lipinski definition) is 6. The Hall–Kier alpha value is -2.14. The van der Waals surface area contributed by atoms with Gasteiger partial charge in [-0.15, -0.1) is 0 Å². The summed E-state index contributed by atoms with van der Waals surface area (Å²) in [6.45, 7) is 3.62. The third-order valence-corrected chi connectivity index (χ3v) is 7.06. The van der Waals surface area contributed by atoms with Crippen LogP contribution in [0.5, 0.6) is 11.5 Å². The Bertz CT molecular complexity index is 932. The molecule has 0 unspecified atom stereocenters. The van der Waals surface area contributed by atoms with Crippen LogP contribution in [0.3, 0.4) is 0 Å². The summed E-state index contributed by atoms with van der Waals surface area (Å²) in [5.41, 5.74) is -0.668. The van der Waals surface area contributed by atoms with E-state index in [1.165, 1.54) is 38.5 Å². The van der Waals surface area contributed by atoms with Crippen LogP contribution in [0.25, 0.3) is 0 Å². The highest BCUT2D eigenvalue weighted by Gasteiger charge is 2.25. The molecule has 0 amide bonds. The lowest BCUT2D eigenvalue weighted by atomic mass is 9.95. The Kier molecular flexibility index (Phi) is 7.28. The third kappa shape index (κ3) is 6.43. The fraction of sp³-hybridized carbons (Fsp3) is 0.368. The predicted molar refractivity (Wildman–Crippen MR) is 110 cm³/mol. The van der Waals surface area contributed by atoms with E-state index in [9.17, 15) is 16.8 Å². The first kappa shape index (κ1) is 23.1. The zero-order valence-electron chi connectivity index (χ0n) is 16.8. The van der Waals surface area contributed by atoms with Crippen molar-refractivity contribution in [3.8, 4) is 11.5 Å². The van der Waals surface area contributed by atoms with Gasteiger partial charge in [0.1, 0.15) is 11.5 Å². The summed E-state index contributed by atoms with van der Waals surface area (Å²) in [5.74, 6) is 1.11. The van der Waals surface area contributed by atoms with Crippen LogP contribution in [0.2, 0.25) is 0 Å². The van der Waals surface area contributed by atoms with Crippen molar-refractivity contribution in [3.05, 3.63) is 48.5 Å². The van der Waals surface area contributed by atoms with E-state index in [-0.39, 0.29) is 22.9 Å². The molecule has 0 spiro atoms. The third-order valence-electron chi connectivity index (χ3n) is 4.22. The molecule has 0 saturated heterocycles. The quantitative estimate of drug-likeness (QED) is 0.582. The number of hydrogen-bond donors (Lipinski definition) is 2. The van der Waals surface area contributed by atoms with E-state index >= 15 is 0 Å². The second-order valence-electron chi connectivity index (χ2n) is 7.16. The first-order chi connectivity index (χ1) is 13.5. The standard InChI is InChI=1S/C19H26N2O6S2/c1-19(2,13-20-28(22,23)17-9-5-15(26-3)6-10-17)14-21-29(24,25)18-11-7-16(27-4)8-12-18/h5-12,20-21H,13-14H2,1-4H3. The molecule has 0 fully saturated rings. The van der Waals surface area contributed by atoms with Crippen molar-refractivity contribution >= 4 is 20.0 Å². The fourth-order valence-corrected chi connectivity index (χ4v) is 4.80. The van der Waals surface area contributed by atoms with E-state index in [1.54, 1.807) is 38.1 Å². The van der Waals surface area contributed by atoms with Crippen LogP contribution in [0, 0.1) is 5.41 Å². The normalized spacial score (nSPS) is 12.6. The summed E-state index contributed by atoms with van der Waals surface area (Å²) >= 11 is 0. The fourth-order valence-electron chi connectivity index (χ4n) is 2.32. The van der Waals surface area contributed by atoms with Crippen LogP contribution in [-0.2, 0) is 20.0 Å². The molecule has 0 aliphatic carbocycles. The van der Waals surface area contributed by atoms with Crippen LogP contribution >= 0.6 is 0 Å². The van der Waals surface area contributed by atoms with Crippen molar-refractivity contribution in [1.82, 2.24) is 9.44 Å². The minimum absolute atomic E-state index is 0.0481. The molecule has 2 N–H and O–H groups in total. The highest BCUT2D eigenvalue weighted by atomic mass is 32.2. The molecular formula is C19H26N2O6S2. The molecule has 2 aromatic rings. The Labute approximate surface area is 172 Å². The minimum atomic E-state index is -3.73. The van der Waals surface area contributed by atoms with Crippen molar-refractivity contribution in [1.29, 1.82) is 0 Å². The number of methoxy groups -OCH3 is 2. The molecule has 8 nitrogen and oxygen atoms in total. The number of benzene rings is 2. The molecule has 0 heterocycles. The van der Waals surface area contributed by atoms with Crippen LogP contribution in [0.1, 0.15) is 13.8 Å². The molecule has 0 aromatic heterocycles. The smallest absolute Gasteiger partial charge is 0.240 e. The largest absolute Gasteiger partial charge is 0.497 e. The lowest BCUT2D eigenvalue weighted by Gasteiger charge is -2.25. The minimum Gasteiger partial charge on any atom is -0.497 e. The van der Waals surface area contributed by atoms with Crippen LogP contribution < -0.4 is 18.9 Å². The number of ether oxygens (including phenoxy) is 2. The zero-order valence-corrected chi connectivity index (χ0v) is 18.4. The van der Waals surface area contributed by atoms with E-state index in [1.807, 2.05) is 0 Å². The molecule has 0 aliphatic heterocycles. The summed E-state index contributed by atoms with van der Waals surface area (Å²) in [4.78, 5) is 0.209. The van der Waals surface area contributed by atoms with Crippen molar-refractivity contribution in [2.75, 3.05) is 27.3 Å². The van der Waals surface area contributed by atoms with Gasteiger partial charge in [-0.25, -0.2) is 26.3 Å². The molecule has 29 heavy (non-hydrogen) atoms. The molecule has 0 atom stereocenters. The lowest BCUT2D eigenvalue weighted by molar-refractivity contribution is 0.361. The average molecular weight is 443 g/mol. The topological polar surface area (TPSA) is 111 Å². The van der Waals surface area contributed by atoms with E-state index in [0.717, 1.165) is 0 Å². The summed E-state index contributed by atoms with van der Waals surface area (Å²) in [6, 6.07) is 12.0. The summed E-state index contributed by atoms with van der Waals surface area (Å²) in [5, 5.41) is 0. The SMILES string of the molecule is COc1ccc(S(=O)(=O)NCC(C)(C)CNS(=O)(=O)c2ccc(OC)cc2)cc1. The molecule has 0 saturated carbocycles. The maximum absolute atomic E-state index is 12.5. The second kappa shape index (κ2) is 9.12. The first-order valence-corrected chi connectivity index (χ1v) is 11.7. The van der Waals surface area contributed by atoms with Gasteiger partial charge in [0.25, 0.3) is 0 Å². The lowest BCUT2D eigenvalue weighted by Crippen LogP contribution is -2.42. The first-order valence-electron chi connectivity index (χ1n) is 8.76. The van der Waals surface area contributed by atoms with Crippen molar-refractivity contribution in [2.45, 2.75) is 23.6 Å². The Morgan fingerprint density at radius 1 is 0.690 bits per heavy atom. The molecule has 160 valence electrons. The zero-order chi connectivity index (χ0) is 21.7. The van der Waals surface area contributed by atoms with E-state index in [2.05, 4.69) is 9.44 Å². The van der Waals surface area contributed by atoms with Gasteiger partial charge in [-0.3, -0.25) is 0 Å². The average Bonchev–Trinajstić information content (AvgIpc) is 2.71. The van der Waals surface area contributed by atoms with E-state index in [0.29, 0.717) is 11.5 Å². The molecule has 2 aromatic carbocycles. The van der Waals surface area contributed by atoms with Gasteiger partial charge in [0, 0.05) is 13.1 Å². The maximum Gasteiger partial charge on any atom is 0.240 e. The maximum atomic E-state index is 12.5. The summed E-state index contributed by atoms with van der Waals surface area (Å²) < 4.78 is 64.9. The van der Waals surface area contributed by atoms with Gasteiger partial charge >= 0.3 is 0 Å². The monoisotopic (exact) mass is 442 g/mol. The molecule has 10 heteroatoms. The number of sulfonamides is 2. The van der Waals surface area contributed by atoms with Gasteiger partial charge in [0.15, 0.2) is 0 Å². The Morgan fingerprint density at radius 3 is 1.28 bits per heavy atom. The van der Waals surface area contributed by atoms with Crippen molar-refractivity contribution < 1.29 is 26.3 Å². The van der Waals surface area contributed by atoms with Gasteiger partial charge in [0.2, 0.25) is 20.0 Å². The van der Waals surface area contributed by atoms with Gasteiger partial charge < -0.3 is 9.47 Å². The van der Waals surface area contributed by atoms with Crippen LogP contribution in [0.15, 0.2) is 58.3 Å². The Morgan fingerprint density at radius 2 is 1.00 bits per heavy atom. The molecular weight excluding hydrogens is 416 g/mol. The highest BCUT2D eigenvalue weighted by Crippen LogP contribution is 2.19. The van der Waals surface area contributed by atoms with Gasteiger partial charge in [-0.05, 0) is 53.9 Å². The molecule has 0 radical (unpaired) electrons. The van der Waals surface area contributed by atoms with Crippen LogP contribution in [0.4, 0.5) is 0 Å². The van der Waals surface area contributed by atoms with Gasteiger partial charge in [0.05, 0.1) is 24.0 Å². The van der Waals surface area contributed by atoms with Crippen molar-refractivity contribution in [3.63, 3.8) is 0 Å². The van der Waals surface area contributed by atoms with Crippen molar-refractivity contribution in [2.24, 2.45) is 5.41 Å². The van der Waals surface area contributed by atoms with Crippen LogP contribution in [-0.4, -0.2) is 44.1 Å².